The first-order chi connectivity index (χ1) is 11.7. The zero-order valence-corrected chi connectivity index (χ0v) is 14.5. The summed E-state index contributed by atoms with van der Waals surface area (Å²) in [7, 11) is 1.57. The highest BCUT2D eigenvalue weighted by Crippen LogP contribution is 2.45. The van der Waals surface area contributed by atoms with Gasteiger partial charge in [-0.15, -0.1) is 0 Å². The van der Waals surface area contributed by atoms with Crippen molar-refractivity contribution in [2.45, 2.75) is 11.8 Å². The molecule has 0 saturated heterocycles. The van der Waals surface area contributed by atoms with Crippen LogP contribution in [0, 0.1) is 0 Å². The Balaban J connectivity index is 1.78. The van der Waals surface area contributed by atoms with Crippen LogP contribution in [-0.2, 0) is 0 Å². The van der Waals surface area contributed by atoms with Gasteiger partial charge in [-0.05, 0) is 43.3 Å². The van der Waals surface area contributed by atoms with E-state index in [2.05, 4.69) is 24.0 Å². The number of para-hydroxylation sites is 2. The highest BCUT2D eigenvalue weighted by molar-refractivity contribution is 8.03. The summed E-state index contributed by atoms with van der Waals surface area (Å²) in [6.07, 6.45) is 5.38. The Hall–Kier alpha value is -2.46. The third-order valence-electron chi connectivity index (χ3n) is 3.81. The number of fused-ring (bicyclic) bond motifs is 1. The van der Waals surface area contributed by atoms with Crippen LogP contribution in [0.1, 0.15) is 17.3 Å². The lowest BCUT2D eigenvalue weighted by Gasteiger charge is -2.17. The molecule has 1 aliphatic heterocycles. The van der Waals surface area contributed by atoms with Crippen molar-refractivity contribution in [1.82, 2.24) is 0 Å². The second-order valence-electron chi connectivity index (χ2n) is 5.24. The summed E-state index contributed by atoms with van der Waals surface area (Å²) >= 11 is 1.72. The lowest BCUT2D eigenvalue weighted by molar-refractivity contribution is 0.104. The molecule has 0 fully saturated rings. The summed E-state index contributed by atoms with van der Waals surface area (Å²) < 4.78 is 5.24. The van der Waals surface area contributed by atoms with Crippen LogP contribution in [0.15, 0.2) is 76.7 Å². The Morgan fingerprint density at radius 1 is 1.17 bits per heavy atom. The van der Waals surface area contributed by atoms with Crippen LogP contribution in [-0.4, -0.2) is 19.4 Å². The number of allylic oxidation sites excluding steroid dienone is 3. The third-order valence-corrected chi connectivity index (χ3v) is 4.94. The Morgan fingerprint density at radius 2 is 1.92 bits per heavy atom. The van der Waals surface area contributed by atoms with E-state index >= 15 is 0 Å². The highest BCUT2D eigenvalue weighted by atomic mass is 32.2. The van der Waals surface area contributed by atoms with Gasteiger partial charge in [0.15, 0.2) is 5.78 Å². The molecule has 3 nitrogen and oxygen atoms in total. The van der Waals surface area contributed by atoms with Crippen LogP contribution in [0.3, 0.4) is 0 Å². The molecule has 3 rings (SSSR count). The van der Waals surface area contributed by atoms with Crippen molar-refractivity contribution in [3.05, 3.63) is 77.4 Å². The lowest BCUT2D eigenvalue weighted by atomic mass is 10.1. The average molecular weight is 337 g/mol. The third kappa shape index (κ3) is 3.24. The van der Waals surface area contributed by atoms with Gasteiger partial charge in [-0.3, -0.25) is 4.79 Å². The molecule has 0 atom stereocenters. The second kappa shape index (κ2) is 7.41. The molecule has 0 amide bonds. The maximum absolute atomic E-state index is 12.4. The second-order valence-corrected chi connectivity index (χ2v) is 6.30. The number of ether oxygens (including phenoxy) is 1. The number of benzene rings is 2. The van der Waals surface area contributed by atoms with Crippen molar-refractivity contribution < 1.29 is 9.53 Å². The van der Waals surface area contributed by atoms with Crippen molar-refractivity contribution in [2.75, 3.05) is 18.6 Å². The SMILES string of the molecule is CCN1/C(=C/C=C\C(=O)c2ccccc2OC)Sc2ccccc21. The van der Waals surface area contributed by atoms with Gasteiger partial charge in [0, 0.05) is 11.4 Å². The lowest BCUT2D eigenvalue weighted by Crippen LogP contribution is -2.16. The van der Waals surface area contributed by atoms with Crippen LogP contribution < -0.4 is 9.64 Å². The molecular weight excluding hydrogens is 318 g/mol. The van der Waals surface area contributed by atoms with E-state index in [4.69, 9.17) is 4.74 Å². The fraction of sp³-hybridized carbons (Fsp3) is 0.150. The molecular formula is C20H19NO2S. The van der Waals surface area contributed by atoms with Crippen LogP contribution >= 0.6 is 11.8 Å². The maximum atomic E-state index is 12.4. The predicted molar refractivity (Wildman–Crippen MR) is 99.9 cm³/mol. The first-order valence-electron chi connectivity index (χ1n) is 7.84. The minimum absolute atomic E-state index is 0.0622. The molecule has 0 saturated carbocycles. The molecule has 0 radical (unpaired) electrons. The standard InChI is InChI=1S/C20H19NO2S/c1-3-21-16-10-5-7-13-19(16)24-20(21)14-8-11-17(22)15-9-4-6-12-18(15)23-2/h4-14H,3H2,1-2H3/b11-8-,20-14-. The number of anilines is 1. The number of ketones is 1. The topological polar surface area (TPSA) is 29.5 Å². The van der Waals surface area contributed by atoms with E-state index in [1.165, 1.54) is 10.6 Å². The molecule has 0 aliphatic carbocycles. The molecule has 122 valence electrons. The predicted octanol–water partition coefficient (Wildman–Crippen LogP) is 4.91. The van der Waals surface area contributed by atoms with Crippen LogP contribution in [0.4, 0.5) is 5.69 Å². The van der Waals surface area contributed by atoms with E-state index in [-0.39, 0.29) is 5.78 Å². The molecule has 0 unspecified atom stereocenters. The van der Waals surface area contributed by atoms with Gasteiger partial charge in [0.25, 0.3) is 0 Å². The van der Waals surface area contributed by atoms with E-state index in [1.54, 1.807) is 37.1 Å². The Morgan fingerprint density at radius 3 is 2.71 bits per heavy atom. The Bertz CT molecular complexity index is 811. The minimum Gasteiger partial charge on any atom is -0.496 e. The van der Waals surface area contributed by atoms with Crippen molar-refractivity contribution in [1.29, 1.82) is 0 Å². The minimum atomic E-state index is -0.0622. The van der Waals surface area contributed by atoms with E-state index < -0.39 is 0 Å². The van der Waals surface area contributed by atoms with Crippen molar-refractivity contribution in [2.24, 2.45) is 0 Å². The molecule has 1 aliphatic rings. The van der Waals surface area contributed by atoms with Gasteiger partial charge in [-0.25, -0.2) is 0 Å². The molecule has 0 bridgehead atoms. The Labute approximate surface area is 146 Å². The smallest absolute Gasteiger partial charge is 0.189 e. The first kappa shape index (κ1) is 16.4. The van der Waals surface area contributed by atoms with Crippen LogP contribution in [0.25, 0.3) is 0 Å². The number of carbonyl (C=O) groups is 1. The summed E-state index contributed by atoms with van der Waals surface area (Å²) in [6.45, 7) is 3.02. The molecule has 1 heterocycles. The first-order valence-corrected chi connectivity index (χ1v) is 8.66. The molecule has 2 aromatic carbocycles. The maximum Gasteiger partial charge on any atom is 0.189 e. The summed E-state index contributed by atoms with van der Waals surface area (Å²) in [5.41, 5.74) is 1.80. The molecule has 0 N–H and O–H groups in total. The van der Waals surface area contributed by atoms with Gasteiger partial charge in [-0.2, -0.15) is 0 Å². The highest BCUT2D eigenvalue weighted by Gasteiger charge is 2.22. The quantitative estimate of drug-likeness (QED) is 0.573. The van der Waals surface area contributed by atoms with Crippen molar-refractivity contribution in [3.63, 3.8) is 0 Å². The van der Waals surface area contributed by atoms with Gasteiger partial charge in [0.05, 0.1) is 23.4 Å². The van der Waals surface area contributed by atoms with Gasteiger partial charge in [0.1, 0.15) is 5.75 Å². The van der Waals surface area contributed by atoms with E-state index in [1.807, 2.05) is 36.4 Å². The number of carbonyl (C=O) groups excluding carboxylic acids is 1. The largest absolute Gasteiger partial charge is 0.496 e. The fourth-order valence-corrected chi connectivity index (χ4v) is 3.80. The normalized spacial score (nSPS) is 15.1. The summed E-state index contributed by atoms with van der Waals surface area (Å²) in [5, 5.41) is 1.13. The van der Waals surface area contributed by atoms with Gasteiger partial charge in [0.2, 0.25) is 0 Å². The number of rotatable bonds is 5. The zero-order chi connectivity index (χ0) is 16.9. The number of methoxy groups -OCH3 is 1. The number of hydrogen-bond acceptors (Lipinski definition) is 4. The average Bonchev–Trinajstić information content (AvgIpc) is 2.98. The monoisotopic (exact) mass is 337 g/mol. The molecule has 4 heteroatoms. The number of thioether (sulfide) groups is 1. The van der Waals surface area contributed by atoms with Crippen molar-refractivity contribution in [3.8, 4) is 5.75 Å². The Kier molecular flexibility index (Phi) is 5.06. The number of nitrogens with zero attached hydrogens (tertiary/aromatic N) is 1. The van der Waals surface area contributed by atoms with Crippen LogP contribution in [0.5, 0.6) is 5.75 Å². The zero-order valence-electron chi connectivity index (χ0n) is 13.7. The van der Waals surface area contributed by atoms with Gasteiger partial charge in [-0.1, -0.05) is 42.1 Å². The van der Waals surface area contributed by atoms with Crippen LogP contribution in [0.2, 0.25) is 0 Å². The van der Waals surface area contributed by atoms with E-state index in [0.29, 0.717) is 11.3 Å². The van der Waals surface area contributed by atoms with E-state index in [0.717, 1.165) is 11.6 Å². The summed E-state index contributed by atoms with van der Waals surface area (Å²) in [4.78, 5) is 15.8. The number of hydrogen-bond donors (Lipinski definition) is 0. The van der Waals surface area contributed by atoms with Crippen molar-refractivity contribution >= 4 is 23.2 Å². The van der Waals surface area contributed by atoms with Gasteiger partial charge >= 0.3 is 0 Å². The summed E-state index contributed by atoms with van der Waals surface area (Å²) in [5.74, 6) is 0.533. The molecule has 24 heavy (non-hydrogen) atoms. The molecule has 0 spiro atoms. The fourth-order valence-electron chi connectivity index (χ4n) is 2.66. The molecule has 2 aromatic rings. The van der Waals surface area contributed by atoms with Gasteiger partial charge < -0.3 is 9.64 Å². The van der Waals surface area contributed by atoms with E-state index in [9.17, 15) is 4.79 Å². The summed E-state index contributed by atoms with van der Waals surface area (Å²) in [6, 6.07) is 15.6. The molecule has 0 aromatic heterocycles.